The van der Waals surface area contributed by atoms with Crippen LogP contribution in [-0.4, -0.2) is 9.97 Å². The second-order valence-electron chi connectivity index (χ2n) is 5.21. The van der Waals surface area contributed by atoms with Gasteiger partial charge < -0.3 is 0 Å². The van der Waals surface area contributed by atoms with Crippen molar-refractivity contribution in [2.45, 2.75) is 6.42 Å². The summed E-state index contributed by atoms with van der Waals surface area (Å²) in [5.74, 6) is 0. The summed E-state index contributed by atoms with van der Waals surface area (Å²) in [6.07, 6.45) is 4.70. The van der Waals surface area contributed by atoms with Crippen molar-refractivity contribution in [3.05, 3.63) is 84.2 Å². The lowest BCUT2D eigenvalue weighted by molar-refractivity contribution is 1.17. The van der Waals surface area contributed by atoms with Crippen molar-refractivity contribution in [1.82, 2.24) is 9.97 Å². The highest BCUT2D eigenvalue weighted by Crippen LogP contribution is 2.23. The molecule has 4 rings (SSSR count). The van der Waals surface area contributed by atoms with E-state index in [1.807, 2.05) is 24.5 Å². The lowest BCUT2D eigenvalue weighted by Crippen LogP contribution is -1.91. The maximum atomic E-state index is 4.59. The molecule has 0 spiro atoms. The van der Waals surface area contributed by atoms with Crippen LogP contribution >= 0.6 is 0 Å². The number of rotatable bonds is 2. The number of aromatic nitrogens is 2. The Labute approximate surface area is 123 Å². The van der Waals surface area contributed by atoms with E-state index in [0.717, 1.165) is 28.2 Å². The highest BCUT2D eigenvalue weighted by atomic mass is 14.7. The van der Waals surface area contributed by atoms with Gasteiger partial charge in [-0.15, -0.1) is 0 Å². The van der Waals surface area contributed by atoms with Gasteiger partial charge in [0.05, 0.1) is 11.0 Å². The molecule has 0 N–H and O–H groups in total. The average Bonchev–Trinajstić information content (AvgIpc) is 2.56. The van der Waals surface area contributed by atoms with Crippen molar-refractivity contribution >= 4 is 21.8 Å². The molecule has 2 heteroatoms. The summed E-state index contributed by atoms with van der Waals surface area (Å²) in [6.45, 7) is 0. The molecule has 0 aliphatic carbocycles. The highest BCUT2D eigenvalue weighted by Gasteiger charge is 2.04. The summed E-state index contributed by atoms with van der Waals surface area (Å²) < 4.78 is 0. The van der Waals surface area contributed by atoms with Crippen LogP contribution in [0.15, 0.2) is 73.1 Å². The molecule has 0 saturated heterocycles. The molecule has 0 amide bonds. The summed E-state index contributed by atoms with van der Waals surface area (Å²) in [5.41, 5.74) is 4.54. The lowest BCUT2D eigenvalue weighted by Gasteiger charge is -2.06. The van der Waals surface area contributed by atoms with E-state index in [-0.39, 0.29) is 0 Å². The predicted molar refractivity (Wildman–Crippen MR) is 86.3 cm³/mol. The molecule has 0 bridgehead atoms. The molecule has 2 aromatic heterocycles. The van der Waals surface area contributed by atoms with Gasteiger partial charge >= 0.3 is 0 Å². The van der Waals surface area contributed by atoms with E-state index in [4.69, 9.17) is 0 Å². The van der Waals surface area contributed by atoms with E-state index in [1.54, 1.807) is 0 Å². The number of fused-ring (bicyclic) bond motifs is 3. The predicted octanol–water partition coefficient (Wildman–Crippen LogP) is 4.37. The Morgan fingerprint density at radius 1 is 0.762 bits per heavy atom. The smallest absolute Gasteiger partial charge is 0.0796 e. The minimum Gasteiger partial charge on any atom is -0.256 e. The molecular weight excluding hydrogens is 256 g/mol. The Hall–Kier alpha value is -2.74. The highest BCUT2D eigenvalue weighted by molar-refractivity contribution is 6.03. The molecule has 4 aromatic rings. The van der Waals surface area contributed by atoms with E-state index < -0.39 is 0 Å². The fourth-order valence-electron chi connectivity index (χ4n) is 2.72. The minimum atomic E-state index is 0.896. The Bertz CT molecular complexity index is 914. The minimum absolute atomic E-state index is 0.896. The quantitative estimate of drug-likeness (QED) is 0.505. The third kappa shape index (κ3) is 2.25. The van der Waals surface area contributed by atoms with E-state index >= 15 is 0 Å². The molecule has 2 nitrogen and oxygen atoms in total. The first-order valence-electron chi connectivity index (χ1n) is 7.06. The molecule has 21 heavy (non-hydrogen) atoms. The summed E-state index contributed by atoms with van der Waals surface area (Å²) in [7, 11) is 0. The fourth-order valence-corrected chi connectivity index (χ4v) is 2.72. The van der Waals surface area contributed by atoms with Gasteiger partial charge in [-0.2, -0.15) is 0 Å². The van der Waals surface area contributed by atoms with Crippen molar-refractivity contribution in [1.29, 1.82) is 0 Å². The summed E-state index contributed by atoms with van der Waals surface area (Å²) in [5, 5.41) is 2.28. The lowest BCUT2D eigenvalue weighted by atomic mass is 10.0. The van der Waals surface area contributed by atoms with Crippen LogP contribution in [-0.2, 0) is 6.42 Å². The molecule has 2 aromatic carbocycles. The topological polar surface area (TPSA) is 25.8 Å². The molecule has 0 aliphatic heterocycles. The molecule has 0 radical (unpaired) electrons. The Morgan fingerprint density at radius 3 is 2.57 bits per heavy atom. The third-order valence-corrected chi connectivity index (χ3v) is 3.74. The Morgan fingerprint density at radius 2 is 1.67 bits per heavy atom. The SMILES string of the molecule is c1ccc(Cc2cnc3ccc4cccnc4c3c2)cc1. The monoisotopic (exact) mass is 270 g/mol. The van der Waals surface area contributed by atoms with Gasteiger partial charge in [0, 0.05) is 23.2 Å². The van der Waals surface area contributed by atoms with Crippen molar-refractivity contribution in [2.24, 2.45) is 0 Å². The number of hydrogen-bond donors (Lipinski definition) is 0. The summed E-state index contributed by atoms with van der Waals surface area (Å²) in [6, 6.07) is 20.9. The van der Waals surface area contributed by atoms with Crippen molar-refractivity contribution in [3.63, 3.8) is 0 Å². The van der Waals surface area contributed by atoms with Crippen molar-refractivity contribution < 1.29 is 0 Å². The maximum absolute atomic E-state index is 4.59. The number of benzene rings is 2. The molecule has 0 saturated carbocycles. The van der Waals surface area contributed by atoms with Gasteiger partial charge in [0.2, 0.25) is 0 Å². The van der Waals surface area contributed by atoms with Gasteiger partial charge in [-0.3, -0.25) is 9.97 Å². The van der Waals surface area contributed by atoms with E-state index in [1.165, 1.54) is 11.1 Å². The van der Waals surface area contributed by atoms with E-state index in [2.05, 4.69) is 58.5 Å². The van der Waals surface area contributed by atoms with Gasteiger partial charge in [0.1, 0.15) is 0 Å². The molecule has 0 unspecified atom stereocenters. The summed E-state index contributed by atoms with van der Waals surface area (Å²) >= 11 is 0. The molecule has 0 atom stereocenters. The third-order valence-electron chi connectivity index (χ3n) is 3.74. The second kappa shape index (κ2) is 4.98. The van der Waals surface area contributed by atoms with Gasteiger partial charge in [-0.05, 0) is 35.7 Å². The largest absolute Gasteiger partial charge is 0.256 e. The van der Waals surface area contributed by atoms with Gasteiger partial charge in [0.25, 0.3) is 0 Å². The van der Waals surface area contributed by atoms with Gasteiger partial charge in [-0.1, -0.05) is 42.5 Å². The fraction of sp³-hybridized carbons (Fsp3) is 0.0526. The number of nitrogens with zero attached hydrogens (tertiary/aromatic N) is 2. The second-order valence-corrected chi connectivity index (χ2v) is 5.21. The summed E-state index contributed by atoms with van der Waals surface area (Å²) in [4.78, 5) is 9.10. The van der Waals surface area contributed by atoms with Crippen LogP contribution in [0.1, 0.15) is 11.1 Å². The zero-order chi connectivity index (χ0) is 14.1. The van der Waals surface area contributed by atoms with Crippen LogP contribution < -0.4 is 0 Å². The van der Waals surface area contributed by atoms with Crippen LogP contribution in [0, 0.1) is 0 Å². The van der Waals surface area contributed by atoms with Crippen molar-refractivity contribution in [3.8, 4) is 0 Å². The van der Waals surface area contributed by atoms with Crippen LogP contribution in [0.4, 0.5) is 0 Å². The van der Waals surface area contributed by atoms with Crippen LogP contribution in [0.25, 0.3) is 21.8 Å². The first kappa shape index (κ1) is 12.0. The van der Waals surface area contributed by atoms with E-state index in [9.17, 15) is 0 Å². The molecular formula is C19H14N2. The molecule has 0 fully saturated rings. The van der Waals surface area contributed by atoms with Gasteiger partial charge in [0.15, 0.2) is 0 Å². The first-order chi connectivity index (χ1) is 10.4. The number of hydrogen-bond acceptors (Lipinski definition) is 2. The maximum Gasteiger partial charge on any atom is 0.0796 e. The van der Waals surface area contributed by atoms with Crippen molar-refractivity contribution in [2.75, 3.05) is 0 Å². The molecule has 100 valence electrons. The zero-order valence-electron chi connectivity index (χ0n) is 11.5. The van der Waals surface area contributed by atoms with E-state index in [0.29, 0.717) is 0 Å². The standard InChI is InChI=1S/C19H14N2/c1-2-5-14(6-3-1)11-15-12-17-18(21-13-15)9-8-16-7-4-10-20-19(16)17/h1-10,12-13H,11H2. The zero-order valence-corrected chi connectivity index (χ0v) is 11.5. The number of pyridine rings is 2. The molecule has 2 heterocycles. The Kier molecular flexibility index (Phi) is 2.86. The average molecular weight is 270 g/mol. The van der Waals surface area contributed by atoms with Gasteiger partial charge in [-0.25, -0.2) is 0 Å². The van der Waals surface area contributed by atoms with Crippen LogP contribution in [0.3, 0.4) is 0 Å². The van der Waals surface area contributed by atoms with Crippen LogP contribution in [0.5, 0.6) is 0 Å². The normalized spacial score (nSPS) is 11.0. The Balaban J connectivity index is 1.86. The van der Waals surface area contributed by atoms with Crippen LogP contribution in [0.2, 0.25) is 0 Å². The first-order valence-corrected chi connectivity index (χ1v) is 7.06. The molecule has 0 aliphatic rings.